The topological polar surface area (TPSA) is 38.1 Å². The van der Waals surface area contributed by atoms with Gasteiger partial charge in [0, 0.05) is 29.9 Å². The molecule has 2 aromatic rings. The van der Waals surface area contributed by atoms with Crippen molar-refractivity contribution in [2.24, 2.45) is 0 Å². The zero-order valence-electron chi connectivity index (χ0n) is 14.6. The lowest BCUT2D eigenvalue weighted by atomic mass is 10.2. The van der Waals surface area contributed by atoms with Crippen molar-refractivity contribution in [2.75, 3.05) is 19.3 Å². The highest BCUT2D eigenvalue weighted by Gasteiger charge is 2.13. The summed E-state index contributed by atoms with van der Waals surface area (Å²) < 4.78 is 1.80. The molecule has 0 radical (unpaired) electrons. The Morgan fingerprint density at radius 3 is 2.39 bits per heavy atom. The van der Waals surface area contributed by atoms with Crippen LogP contribution >= 0.6 is 11.8 Å². The molecule has 1 heterocycles. The Hall–Kier alpha value is -1.75. The van der Waals surface area contributed by atoms with E-state index in [9.17, 15) is 4.79 Å². The van der Waals surface area contributed by atoms with Gasteiger partial charge in [-0.05, 0) is 45.4 Å². The molecule has 5 heteroatoms. The summed E-state index contributed by atoms with van der Waals surface area (Å²) in [6.45, 7) is 9.16. The number of carbonyl (C=O) groups is 1. The van der Waals surface area contributed by atoms with Crippen molar-refractivity contribution in [3.8, 4) is 0 Å². The third-order valence-corrected chi connectivity index (χ3v) is 5.16. The molecule has 0 unspecified atom stereocenters. The fourth-order valence-corrected chi connectivity index (χ4v) is 3.18. The van der Waals surface area contributed by atoms with Gasteiger partial charge in [-0.3, -0.25) is 9.48 Å². The van der Waals surface area contributed by atoms with Crippen molar-refractivity contribution in [3.63, 3.8) is 0 Å². The highest BCUT2D eigenvalue weighted by molar-refractivity contribution is 7.99. The van der Waals surface area contributed by atoms with E-state index in [0.717, 1.165) is 29.2 Å². The van der Waals surface area contributed by atoms with E-state index in [1.165, 1.54) is 10.5 Å². The first kappa shape index (κ1) is 17.6. The number of hydrogen-bond acceptors (Lipinski definition) is 3. The summed E-state index contributed by atoms with van der Waals surface area (Å²) in [5, 5.41) is 4.43. The first-order valence-electron chi connectivity index (χ1n) is 7.82. The molecule has 4 nitrogen and oxygen atoms in total. The van der Waals surface area contributed by atoms with E-state index in [4.69, 9.17) is 0 Å². The number of amides is 1. The van der Waals surface area contributed by atoms with E-state index < -0.39 is 0 Å². The van der Waals surface area contributed by atoms with Gasteiger partial charge in [0.25, 0.3) is 0 Å². The Morgan fingerprint density at radius 2 is 1.83 bits per heavy atom. The smallest absolute Gasteiger partial charge is 0.244 e. The van der Waals surface area contributed by atoms with Crippen LogP contribution in [0.1, 0.15) is 22.5 Å². The van der Waals surface area contributed by atoms with Gasteiger partial charge in [0.15, 0.2) is 0 Å². The van der Waals surface area contributed by atoms with E-state index >= 15 is 0 Å². The standard InChI is InChI=1S/C18H25N3OS/c1-13-6-8-17(9-7-13)23-11-10-20(5)18(22)12-21-16(4)14(2)15(3)19-21/h6-9H,10-12H2,1-5H3. The first-order valence-corrected chi connectivity index (χ1v) is 8.81. The Balaban J connectivity index is 1.82. The zero-order valence-corrected chi connectivity index (χ0v) is 15.4. The van der Waals surface area contributed by atoms with Gasteiger partial charge in [-0.25, -0.2) is 0 Å². The normalized spacial score (nSPS) is 10.8. The van der Waals surface area contributed by atoms with Gasteiger partial charge < -0.3 is 4.90 Å². The van der Waals surface area contributed by atoms with Crippen LogP contribution in [-0.2, 0) is 11.3 Å². The quantitative estimate of drug-likeness (QED) is 0.762. The predicted molar refractivity (Wildman–Crippen MR) is 96.0 cm³/mol. The SMILES string of the molecule is Cc1ccc(SCCN(C)C(=O)Cn2nc(C)c(C)c2C)cc1. The Labute approximate surface area is 142 Å². The van der Waals surface area contributed by atoms with Gasteiger partial charge in [0.05, 0.1) is 5.69 Å². The van der Waals surface area contributed by atoms with E-state index in [1.54, 1.807) is 21.3 Å². The van der Waals surface area contributed by atoms with Crippen LogP contribution in [0.5, 0.6) is 0 Å². The van der Waals surface area contributed by atoms with Crippen LogP contribution in [0.25, 0.3) is 0 Å². The van der Waals surface area contributed by atoms with Crippen LogP contribution in [0.2, 0.25) is 0 Å². The van der Waals surface area contributed by atoms with Gasteiger partial charge in [-0.2, -0.15) is 5.10 Å². The molecule has 23 heavy (non-hydrogen) atoms. The number of carbonyl (C=O) groups excluding carboxylic acids is 1. The average molecular weight is 331 g/mol. The minimum absolute atomic E-state index is 0.0973. The summed E-state index contributed by atoms with van der Waals surface area (Å²) in [4.78, 5) is 15.4. The number of aromatic nitrogens is 2. The molecule has 0 aliphatic rings. The second-order valence-corrected chi connectivity index (χ2v) is 7.10. The Morgan fingerprint density at radius 1 is 1.17 bits per heavy atom. The van der Waals surface area contributed by atoms with E-state index in [-0.39, 0.29) is 5.91 Å². The van der Waals surface area contributed by atoms with Crippen LogP contribution < -0.4 is 0 Å². The number of rotatable bonds is 6. The summed E-state index contributed by atoms with van der Waals surface area (Å²) in [5.74, 6) is 0.988. The predicted octanol–water partition coefficient (Wildman–Crippen LogP) is 3.37. The third kappa shape index (κ3) is 4.61. The maximum atomic E-state index is 12.3. The van der Waals surface area contributed by atoms with Crippen molar-refractivity contribution in [3.05, 3.63) is 46.8 Å². The summed E-state index contributed by atoms with van der Waals surface area (Å²) in [6.07, 6.45) is 0. The Bertz CT molecular complexity index is 676. The van der Waals surface area contributed by atoms with Gasteiger partial charge >= 0.3 is 0 Å². The van der Waals surface area contributed by atoms with Crippen molar-refractivity contribution in [1.82, 2.24) is 14.7 Å². The molecule has 1 aromatic heterocycles. The fraction of sp³-hybridized carbons (Fsp3) is 0.444. The molecule has 0 saturated carbocycles. The minimum atomic E-state index is 0.0973. The first-order chi connectivity index (χ1) is 10.9. The monoisotopic (exact) mass is 331 g/mol. The molecule has 0 bridgehead atoms. The van der Waals surface area contributed by atoms with Crippen LogP contribution in [0.3, 0.4) is 0 Å². The highest BCUT2D eigenvalue weighted by atomic mass is 32.2. The second kappa shape index (κ2) is 7.68. The number of benzene rings is 1. The highest BCUT2D eigenvalue weighted by Crippen LogP contribution is 2.18. The number of thioether (sulfide) groups is 1. The maximum absolute atomic E-state index is 12.3. The van der Waals surface area contributed by atoms with Crippen LogP contribution in [0.4, 0.5) is 0 Å². The molecule has 1 amide bonds. The summed E-state index contributed by atoms with van der Waals surface area (Å²) in [5.41, 5.74) is 4.49. The molecule has 0 aliphatic heterocycles. The zero-order chi connectivity index (χ0) is 17.0. The van der Waals surface area contributed by atoms with Crippen LogP contribution in [0, 0.1) is 27.7 Å². The molecule has 0 N–H and O–H groups in total. The third-order valence-electron chi connectivity index (χ3n) is 4.17. The van der Waals surface area contributed by atoms with Crippen LogP contribution in [-0.4, -0.2) is 39.9 Å². The lowest BCUT2D eigenvalue weighted by molar-refractivity contribution is -0.130. The molecule has 0 spiro atoms. The fourth-order valence-electron chi connectivity index (χ4n) is 2.25. The van der Waals surface area contributed by atoms with E-state index in [2.05, 4.69) is 36.3 Å². The number of likely N-dealkylation sites (N-methyl/N-ethyl adjacent to an activating group) is 1. The Kier molecular flexibility index (Phi) is 5.88. The lowest BCUT2D eigenvalue weighted by Gasteiger charge is -2.17. The van der Waals surface area contributed by atoms with E-state index in [1.807, 2.05) is 27.8 Å². The average Bonchev–Trinajstić information content (AvgIpc) is 2.76. The number of nitrogens with zero attached hydrogens (tertiary/aromatic N) is 3. The number of hydrogen-bond donors (Lipinski definition) is 0. The molecule has 0 aliphatic carbocycles. The van der Waals surface area contributed by atoms with Crippen molar-refractivity contribution in [1.29, 1.82) is 0 Å². The summed E-state index contributed by atoms with van der Waals surface area (Å²) in [6, 6.07) is 8.48. The van der Waals surface area contributed by atoms with Gasteiger partial charge in [-0.15, -0.1) is 11.8 Å². The van der Waals surface area contributed by atoms with Gasteiger partial charge in [0.1, 0.15) is 6.54 Å². The molecular weight excluding hydrogens is 306 g/mol. The lowest BCUT2D eigenvalue weighted by Crippen LogP contribution is -2.32. The van der Waals surface area contributed by atoms with Crippen molar-refractivity contribution in [2.45, 2.75) is 39.1 Å². The van der Waals surface area contributed by atoms with Crippen molar-refractivity contribution >= 4 is 17.7 Å². The number of aryl methyl sites for hydroxylation is 2. The largest absolute Gasteiger partial charge is 0.343 e. The molecule has 0 saturated heterocycles. The van der Waals surface area contributed by atoms with Crippen LogP contribution in [0.15, 0.2) is 29.2 Å². The maximum Gasteiger partial charge on any atom is 0.244 e. The van der Waals surface area contributed by atoms with Gasteiger partial charge in [-0.1, -0.05) is 17.7 Å². The van der Waals surface area contributed by atoms with Crippen molar-refractivity contribution < 1.29 is 4.79 Å². The summed E-state index contributed by atoms with van der Waals surface area (Å²) >= 11 is 1.77. The van der Waals surface area contributed by atoms with E-state index in [0.29, 0.717) is 6.54 Å². The van der Waals surface area contributed by atoms with Gasteiger partial charge in [0.2, 0.25) is 5.91 Å². The molecule has 2 rings (SSSR count). The minimum Gasteiger partial charge on any atom is -0.343 e. The molecule has 0 atom stereocenters. The molecule has 0 fully saturated rings. The molecular formula is C18H25N3OS. The summed E-state index contributed by atoms with van der Waals surface area (Å²) in [7, 11) is 1.86. The molecule has 1 aromatic carbocycles. The second-order valence-electron chi connectivity index (χ2n) is 5.93. The molecule has 124 valence electrons.